The first-order valence-electron chi connectivity index (χ1n) is 14.7. The zero-order valence-electron chi connectivity index (χ0n) is 25.2. The van der Waals surface area contributed by atoms with Crippen molar-refractivity contribution in [2.75, 3.05) is 9.80 Å². The summed E-state index contributed by atoms with van der Waals surface area (Å²) in [6.07, 6.45) is 0. The summed E-state index contributed by atoms with van der Waals surface area (Å²) < 4.78 is 0. The Morgan fingerprint density at radius 2 is 1.02 bits per heavy atom. The molecule has 0 bridgehead atoms. The van der Waals surface area contributed by atoms with Gasteiger partial charge in [0.05, 0.1) is 17.1 Å². The van der Waals surface area contributed by atoms with Crippen LogP contribution >= 0.6 is 0 Å². The van der Waals surface area contributed by atoms with Crippen molar-refractivity contribution in [3.8, 4) is 0 Å². The lowest BCUT2D eigenvalue weighted by Gasteiger charge is -2.49. The third-order valence-corrected chi connectivity index (χ3v) is 9.33. The summed E-state index contributed by atoms with van der Waals surface area (Å²) in [6, 6.07) is 38.7. The van der Waals surface area contributed by atoms with Crippen molar-refractivity contribution in [3.63, 3.8) is 0 Å². The van der Waals surface area contributed by atoms with E-state index in [2.05, 4.69) is 161 Å². The highest BCUT2D eigenvalue weighted by Gasteiger charge is 2.45. The summed E-state index contributed by atoms with van der Waals surface area (Å²) in [4.78, 5) is 4.94. The first kappa shape index (κ1) is 25.7. The second kappa shape index (κ2) is 8.85. The van der Waals surface area contributed by atoms with E-state index in [4.69, 9.17) is 0 Å². The van der Waals surface area contributed by atoms with Crippen LogP contribution in [0.15, 0.2) is 103 Å². The third kappa shape index (κ3) is 3.77. The number of fused-ring (bicyclic) bond motifs is 4. The Bertz CT molecular complexity index is 1800. The van der Waals surface area contributed by atoms with Gasteiger partial charge in [0, 0.05) is 27.9 Å². The standard InChI is InChI=1S/C39H38N2/c1-25-15-17-28(18-16-25)40(30-22-26(2)21-27(3)23-30)29-19-20-36-34(24-29)39(6,7)33-13-10-12-32-37(33)41(36)35-14-9-8-11-31(35)38(32,4)5/h8-24H,1-7H3. The van der Waals surface area contributed by atoms with Gasteiger partial charge in [-0.3, -0.25) is 0 Å². The molecule has 5 aromatic carbocycles. The number of aryl methyl sites for hydroxylation is 3. The minimum absolute atomic E-state index is 0.0722. The Balaban J connectivity index is 1.49. The van der Waals surface area contributed by atoms with Gasteiger partial charge in [-0.25, -0.2) is 0 Å². The highest BCUT2D eigenvalue weighted by Crippen LogP contribution is 2.60. The molecular formula is C39H38N2. The smallest absolute Gasteiger partial charge is 0.0543 e. The Kier molecular flexibility index (Phi) is 5.54. The molecule has 0 spiro atoms. The lowest BCUT2D eigenvalue weighted by Crippen LogP contribution is -2.38. The van der Waals surface area contributed by atoms with Gasteiger partial charge in [0.2, 0.25) is 0 Å². The Morgan fingerprint density at radius 3 is 1.71 bits per heavy atom. The van der Waals surface area contributed by atoms with Gasteiger partial charge >= 0.3 is 0 Å². The van der Waals surface area contributed by atoms with Gasteiger partial charge in [-0.15, -0.1) is 0 Å². The molecule has 0 saturated heterocycles. The van der Waals surface area contributed by atoms with Crippen LogP contribution in [0.1, 0.15) is 66.6 Å². The van der Waals surface area contributed by atoms with Crippen LogP contribution in [0.25, 0.3) is 0 Å². The minimum Gasteiger partial charge on any atom is -0.310 e. The molecule has 0 fully saturated rings. The van der Waals surface area contributed by atoms with Crippen LogP contribution in [-0.2, 0) is 10.8 Å². The predicted octanol–water partition coefficient (Wildman–Crippen LogP) is 10.8. The fraction of sp³-hybridized carbons (Fsp3) is 0.231. The number of hydrogen-bond acceptors (Lipinski definition) is 2. The molecule has 0 saturated carbocycles. The van der Waals surface area contributed by atoms with Gasteiger partial charge in [0.1, 0.15) is 0 Å². The van der Waals surface area contributed by atoms with Crippen molar-refractivity contribution in [3.05, 3.63) is 142 Å². The number of anilines is 6. The maximum Gasteiger partial charge on any atom is 0.0543 e. The van der Waals surface area contributed by atoms with E-state index in [0.29, 0.717) is 0 Å². The fourth-order valence-corrected chi connectivity index (χ4v) is 7.23. The van der Waals surface area contributed by atoms with Crippen LogP contribution in [-0.4, -0.2) is 0 Å². The molecule has 0 radical (unpaired) electrons. The summed E-state index contributed by atoms with van der Waals surface area (Å²) in [7, 11) is 0. The number of para-hydroxylation sites is 2. The Morgan fingerprint density at radius 1 is 0.463 bits per heavy atom. The first-order chi connectivity index (χ1) is 19.6. The minimum atomic E-state index is -0.170. The maximum absolute atomic E-state index is 2.53. The van der Waals surface area contributed by atoms with E-state index in [1.165, 1.54) is 73.1 Å². The van der Waals surface area contributed by atoms with E-state index in [1.807, 2.05) is 0 Å². The molecule has 2 heteroatoms. The number of nitrogens with zero attached hydrogens (tertiary/aromatic N) is 2. The molecule has 0 aromatic heterocycles. The zero-order valence-corrected chi connectivity index (χ0v) is 25.2. The van der Waals surface area contributed by atoms with Crippen LogP contribution in [0.4, 0.5) is 34.1 Å². The quantitative estimate of drug-likeness (QED) is 0.227. The van der Waals surface area contributed by atoms with E-state index < -0.39 is 0 Å². The van der Waals surface area contributed by atoms with Crippen molar-refractivity contribution in [1.29, 1.82) is 0 Å². The maximum atomic E-state index is 2.53. The summed E-state index contributed by atoms with van der Waals surface area (Å²) in [5, 5.41) is 0. The topological polar surface area (TPSA) is 6.48 Å². The number of benzene rings is 5. The first-order valence-corrected chi connectivity index (χ1v) is 14.7. The summed E-state index contributed by atoms with van der Waals surface area (Å²) in [6.45, 7) is 16.0. The van der Waals surface area contributed by atoms with E-state index >= 15 is 0 Å². The number of rotatable bonds is 3. The normalized spacial score (nSPS) is 15.5. The zero-order chi connectivity index (χ0) is 28.7. The van der Waals surface area contributed by atoms with Gasteiger partial charge in [-0.1, -0.05) is 87.9 Å². The highest BCUT2D eigenvalue weighted by molar-refractivity contribution is 5.93. The van der Waals surface area contributed by atoms with E-state index in [9.17, 15) is 0 Å². The van der Waals surface area contributed by atoms with E-state index in [1.54, 1.807) is 0 Å². The van der Waals surface area contributed by atoms with Crippen molar-refractivity contribution >= 4 is 34.1 Å². The monoisotopic (exact) mass is 534 g/mol. The molecule has 0 aliphatic carbocycles. The second-order valence-corrected chi connectivity index (χ2v) is 13.0. The van der Waals surface area contributed by atoms with E-state index in [-0.39, 0.29) is 10.8 Å². The molecular weight excluding hydrogens is 496 g/mol. The molecule has 0 unspecified atom stereocenters. The molecule has 2 heterocycles. The van der Waals surface area contributed by atoms with Crippen LogP contribution in [0, 0.1) is 20.8 Å². The predicted molar refractivity (Wildman–Crippen MR) is 174 cm³/mol. The average molecular weight is 535 g/mol. The van der Waals surface area contributed by atoms with Crippen LogP contribution in [0.3, 0.4) is 0 Å². The molecule has 2 aliphatic rings. The lowest BCUT2D eigenvalue weighted by atomic mass is 9.66. The fourth-order valence-electron chi connectivity index (χ4n) is 7.23. The number of hydrogen-bond donors (Lipinski definition) is 0. The summed E-state index contributed by atoms with van der Waals surface area (Å²) in [5.41, 5.74) is 16.5. The Labute approximate surface area is 244 Å². The molecule has 0 atom stereocenters. The molecule has 7 rings (SSSR count). The van der Waals surface area contributed by atoms with Gasteiger partial charge in [0.15, 0.2) is 0 Å². The van der Waals surface area contributed by atoms with Crippen LogP contribution < -0.4 is 9.80 Å². The Hall–Kier alpha value is -4.30. The molecule has 2 nitrogen and oxygen atoms in total. The third-order valence-electron chi connectivity index (χ3n) is 9.33. The molecule has 204 valence electrons. The SMILES string of the molecule is Cc1ccc(N(c2cc(C)cc(C)c2)c2ccc3c(c2)C(C)(C)c2cccc4c2N3c2ccccc2C4(C)C)cc1. The van der Waals surface area contributed by atoms with Crippen molar-refractivity contribution in [2.24, 2.45) is 0 Å². The molecule has 5 aromatic rings. The van der Waals surface area contributed by atoms with Crippen LogP contribution in [0.2, 0.25) is 0 Å². The van der Waals surface area contributed by atoms with Crippen molar-refractivity contribution < 1.29 is 0 Å². The second-order valence-electron chi connectivity index (χ2n) is 13.0. The van der Waals surface area contributed by atoms with E-state index in [0.717, 1.165) is 0 Å². The van der Waals surface area contributed by atoms with Gasteiger partial charge in [-0.05, 0) is 103 Å². The molecule has 0 N–H and O–H groups in total. The lowest BCUT2D eigenvalue weighted by molar-refractivity contribution is 0.597. The average Bonchev–Trinajstić information content (AvgIpc) is 2.94. The van der Waals surface area contributed by atoms with Crippen molar-refractivity contribution in [2.45, 2.75) is 59.3 Å². The van der Waals surface area contributed by atoms with Gasteiger partial charge in [-0.2, -0.15) is 0 Å². The van der Waals surface area contributed by atoms with Gasteiger partial charge < -0.3 is 9.80 Å². The van der Waals surface area contributed by atoms with Crippen LogP contribution in [0.5, 0.6) is 0 Å². The van der Waals surface area contributed by atoms with Crippen molar-refractivity contribution in [1.82, 2.24) is 0 Å². The largest absolute Gasteiger partial charge is 0.310 e. The van der Waals surface area contributed by atoms with Gasteiger partial charge in [0.25, 0.3) is 0 Å². The molecule has 2 aliphatic heterocycles. The molecule has 0 amide bonds. The summed E-state index contributed by atoms with van der Waals surface area (Å²) in [5.74, 6) is 0. The summed E-state index contributed by atoms with van der Waals surface area (Å²) >= 11 is 0. The molecule has 41 heavy (non-hydrogen) atoms. The highest BCUT2D eigenvalue weighted by atomic mass is 15.2.